The number of thioether (sulfide) groups is 1. The molecule has 18 heavy (non-hydrogen) atoms. The molecule has 1 aliphatic carbocycles. The summed E-state index contributed by atoms with van der Waals surface area (Å²) in [6, 6.07) is 8.50. The molecule has 0 radical (unpaired) electrons. The van der Waals surface area contributed by atoms with E-state index in [9.17, 15) is 4.79 Å². The number of carbonyl (C=O) groups excluding carboxylic acids is 1. The molecule has 0 atom stereocenters. The van der Waals surface area contributed by atoms with Gasteiger partial charge in [-0.15, -0.1) is 11.8 Å². The number of nitrogens with zero attached hydrogens (tertiary/aromatic N) is 1. The van der Waals surface area contributed by atoms with Gasteiger partial charge in [0, 0.05) is 31.0 Å². The van der Waals surface area contributed by atoms with Crippen LogP contribution in [0.2, 0.25) is 0 Å². The van der Waals surface area contributed by atoms with Gasteiger partial charge in [0.05, 0.1) is 0 Å². The predicted molar refractivity (Wildman–Crippen MR) is 76.2 cm³/mol. The second-order valence-corrected chi connectivity index (χ2v) is 5.88. The van der Waals surface area contributed by atoms with Crippen LogP contribution in [0.15, 0.2) is 29.2 Å². The van der Waals surface area contributed by atoms with Crippen molar-refractivity contribution in [2.75, 3.05) is 26.9 Å². The Balaban J connectivity index is 2.10. The van der Waals surface area contributed by atoms with Gasteiger partial charge in [-0.3, -0.25) is 0 Å². The van der Waals surface area contributed by atoms with E-state index in [2.05, 4.69) is 35.8 Å². The fraction of sp³-hybridized carbons (Fsp3) is 0.500. The maximum absolute atomic E-state index is 11.6. The SMILES string of the molecule is CSc1ccccc1C1(CNC(=O)N(C)C)CC1. The van der Waals surface area contributed by atoms with Gasteiger partial charge in [0.15, 0.2) is 0 Å². The molecule has 1 saturated carbocycles. The first-order valence-corrected chi connectivity index (χ1v) is 7.40. The molecule has 0 heterocycles. The monoisotopic (exact) mass is 264 g/mol. The van der Waals surface area contributed by atoms with E-state index in [-0.39, 0.29) is 11.4 Å². The van der Waals surface area contributed by atoms with Crippen molar-refractivity contribution in [1.82, 2.24) is 10.2 Å². The molecule has 2 rings (SSSR count). The molecule has 0 spiro atoms. The van der Waals surface area contributed by atoms with Crippen LogP contribution in [0.1, 0.15) is 18.4 Å². The van der Waals surface area contributed by atoms with Crippen LogP contribution in [0.4, 0.5) is 4.79 Å². The van der Waals surface area contributed by atoms with Crippen molar-refractivity contribution in [3.05, 3.63) is 29.8 Å². The Bertz CT molecular complexity index is 441. The predicted octanol–water partition coefficient (Wildman–Crippen LogP) is 2.71. The largest absolute Gasteiger partial charge is 0.337 e. The molecule has 1 fully saturated rings. The molecule has 1 aliphatic rings. The molecule has 0 unspecified atom stereocenters. The normalized spacial score (nSPS) is 16.2. The number of amides is 2. The van der Waals surface area contributed by atoms with Crippen LogP contribution < -0.4 is 5.32 Å². The summed E-state index contributed by atoms with van der Waals surface area (Å²) in [5.41, 5.74) is 1.56. The van der Waals surface area contributed by atoms with Gasteiger partial charge >= 0.3 is 6.03 Å². The van der Waals surface area contributed by atoms with E-state index >= 15 is 0 Å². The van der Waals surface area contributed by atoms with Crippen molar-refractivity contribution >= 4 is 17.8 Å². The third kappa shape index (κ3) is 2.64. The summed E-state index contributed by atoms with van der Waals surface area (Å²) < 4.78 is 0. The molecule has 98 valence electrons. The molecular weight excluding hydrogens is 244 g/mol. The second-order valence-electron chi connectivity index (χ2n) is 5.03. The third-order valence-corrected chi connectivity index (χ3v) is 4.31. The number of hydrogen-bond donors (Lipinski definition) is 1. The molecule has 0 aromatic heterocycles. The van der Waals surface area contributed by atoms with Crippen molar-refractivity contribution in [2.24, 2.45) is 0 Å². The lowest BCUT2D eigenvalue weighted by Gasteiger charge is -2.21. The summed E-state index contributed by atoms with van der Waals surface area (Å²) in [6.45, 7) is 0.738. The van der Waals surface area contributed by atoms with Crippen LogP contribution in [0.5, 0.6) is 0 Å². The fourth-order valence-corrected chi connectivity index (χ4v) is 2.90. The highest BCUT2D eigenvalue weighted by Gasteiger charge is 2.45. The number of nitrogens with one attached hydrogen (secondary N) is 1. The highest BCUT2D eigenvalue weighted by Crippen LogP contribution is 2.50. The Morgan fingerprint density at radius 3 is 2.61 bits per heavy atom. The number of benzene rings is 1. The average Bonchev–Trinajstić information content (AvgIpc) is 3.17. The molecule has 2 amide bonds. The van der Waals surface area contributed by atoms with E-state index < -0.39 is 0 Å². The highest BCUT2D eigenvalue weighted by molar-refractivity contribution is 7.98. The van der Waals surface area contributed by atoms with Crippen molar-refractivity contribution in [3.8, 4) is 0 Å². The molecule has 0 aliphatic heterocycles. The number of carbonyl (C=O) groups is 1. The van der Waals surface area contributed by atoms with Crippen LogP contribution in [0.3, 0.4) is 0 Å². The van der Waals surface area contributed by atoms with Crippen LogP contribution in [-0.4, -0.2) is 37.8 Å². The Kier molecular flexibility index (Phi) is 3.85. The zero-order valence-corrected chi connectivity index (χ0v) is 12.0. The molecule has 3 nitrogen and oxygen atoms in total. The fourth-order valence-electron chi connectivity index (χ4n) is 2.18. The molecule has 0 bridgehead atoms. The standard InChI is InChI=1S/C14H20N2OS/c1-16(2)13(17)15-10-14(8-9-14)11-6-4-5-7-12(11)18-3/h4-7H,8-10H2,1-3H3,(H,15,17). The van der Waals surface area contributed by atoms with Crippen molar-refractivity contribution in [3.63, 3.8) is 0 Å². The van der Waals surface area contributed by atoms with Gasteiger partial charge in [0.1, 0.15) is 0 Å². The van der Waals surface area contributed by atoms with Gasteiger partial charge in [0.2, 0.25) is 0 Å². The van der Waals surface area contributed by atoms with Gasteiger partial charge in [0.25, 0.3) is 0 Å². The third-order valence-electron chi connectivity index (χ3n) is 3.52. The van der Waals surface area contributed by atoms with E-state index in [0.717, 1.165) is 19.4 Å². The van der Waals surface area contributed by atoms with Gasteiger partial charge in [-0.05, 0) is 30.7 Å². The zero-order chi connectivity index (χ0) is 13.2. The first-order chi connectivity index (χ1) is 8.59. The van der Waals surface area contributed by atoms with E-state index in [1.807, 2.05) is 0 Å². The quantitative estimate of drug-likeness (QED) is 0.848. The summed E-state index contributed by atoms with van der Waals surface area (Å²) in [6.07, 6.45) is 4.43. The minimum Gasteiger partial charge on any atom is -0.337 e. The molecule has 1 aromatic rings. The first-order valence-electron chi connectivity index (χ1n) is 6.18. The minimum atomic E-state index is -0.0112. The molecule has 0 saturated heterocycles. The zero-order valence-electron chi connectivity index (χ0n) is 11.2. The van der Waals surface area contributed by atoms with E-state index in [1.165, 1.54) is 10.5 Å². The number of rotatable bonds is 4. The van der Waals surface area contributed by atoms with Gasteiger partial charge < -0.3 is 10.2 Å². The summed E-state index contributed by atoms with van der Waals surface area (Å²) in [5, 5.41) is 3.01. The Morgan fingerprint density at radius 2 is 2.06 bits per heavy atom. The average molecular weight is 264 g/mol. The van der Waals surface area contributed by atoms with E-state index in [0.29, 0.717) is 0 Å². The van der Waals surface area contributed by atoms with E-state index in [4.69, 9.17) is 0 Å². The van der Waals surface area contributed by atoms with Crippen molar-refractivity contribution in [2.45, 2.75) is 23.2 Å². The van der Waals surface area contributed by atoms with Gasteiger partial charge in [-0.25, -0.2) is 4.79 Å². The number of hydrogen-bond acceptors (Lipinski definition) is 2. The Hall–Kier alpha value is -1.16. The Morgan fingerprint density at radius 1 is 1.39 bits per heavy atom. The van der Waals surface area contributed by atoms with Gasteiger partial charge in [-0.2, -0.15) is 0 Å². The molecule has 1 N–H and O–H groups in total. The summed E-state index contributed by atoms with van der Waals surface area (Å²) in [5.74, 6) is 0. The highest BCUT2D eigenvalue weighted by atomic mass is 32.2. The van der Waals surface area contributed by atoms with Crippen LogP contribution in [0, 0.1) is 0 Å². The Labute approximate surface area is 113 Å². The maximum atomic E-state index is 11.6. The molecule has 1 aromatic carbocycles. The number of urea groups is 1. The summed E-state index contributed by atoms with van der Waals surface area (Å²) in [7, 11) is 3.54. The second kappa shape index (κ2) is 5.22. The molecular formula is C14H20N2OS. The maximum Gasteiger partial charge on any atom is 0.316 e. The van der Waals surface area contributed by atoms with Crippen LogP contribution in [0.25, 0.3) is 0 Å². The lowest BCUT2D eigenvalue weighted by Crippen LogP contribution is -2.39. The smallest absolute Gasteiger partial charge is 0.316 e. The van der Waals surface area contributed by atoms with Crippen LogP contribution >= 0.6 is 11.8 Å². The van der Waals surface area contributed by atoms with Crippen molar-refractivity contribution < 1.29 is 4.79 Å². The first kappa shape index (κ1) is 13.3. The minimum absolute atomic E-state index is 0.0112. The summed E-state index contributed by atoms with van der Waals surface area (Å²) in [4.78, 5) is 14.5. The lowest BCUT2D eigenvalue weighted by atomic mass is 9.96. The van der Waals surface area contributed by atoms with E-state index in [1.54, 1.807) is 30.8 Å². The lowest BCUT2D eigenvalue weighted by molar-refractivity contribution is 0.216. The van der Waals surface area contributed by atoms with Crippen LogP contribution in [-0.2, 0) is 5.41 Å². The molecule has 4 heteroatoms. The van der Waals surface area contributed by atoms with Crippen molar-refractivity contribution in [1.29, 1.82) is 0 Å². The summed E-state index contributed by atoms with van der Waals surface area (Å²) >= 11 is 1.78. The topological polar surface area (TPSA) is 32.3 Å². The van der Waals surface area contributed by atoms with Gasteiger partial charge in [-0.1, -0.05) is 18.2 Å².